The van der Waals surface area contributed by atoms with Crippen LogP contribution in [0, 0.1) is 0 Å². The Morgan fingerprint density at radius 1 is 1.16 bits per heavy atom. The summed E-state index contributed by atoms with van der Waals surface area (Å²) in [6, 6.07) is 8.75. The van der Waals surface area contributed by atoms with Crippen molar-refractivity contribution in [2.45, 2.75) is 32.1 Å². The number of aromatic nitrogens is 2. The first-order chi connectivity index (χ1) is 9.36. The van der Waals surface area contributed by atoms with Crippen LogP contribution in [0.25, 0.3) is 11.3 Å². The Morgan fingerprint density at radius 2 is 1.89 bits per heavy atom. The lowest BCUT2D eigenvalue weighted by molar-refractivity contribution is 0.447. The number of piperidine rings is 1. The van der Waals surface area contributed by atoms with E-state index in [1.54, 1.807) is 0 Å². The minimum Gasteiger partial charge on any atom is -0.342 e. The molecule has 0 bridgehead atoms. The number of aryl methyl sites for hydroxylation is 1. The van der Waals surface area contributed by atoms with E-state index in [1.165, 1.54) is 24.0 Å². The molecule has 2 aromatic rings. The molecule has 0 radical (unpaired) electrons. The molecule has 1 aliphatic rings. The molecular weight excluding hydrogens is 234 g/mol. The van der Waals surface area contributed by atoms with Crippen molar-refractivity contribution in [2.24, 2.45) is 0 Å². The first kappa shape index (κ1) is 12.4. The van der Waals surface area contributed by atoms with E-state index in [2.05, 4.69) is 46.5 Å². The van der Waals surface area contributed by atoms with Crippen molar-refractivity contribution in [3.8, 4) is 11.3 Å². The molecule has 3 rings (SSSR count). The Morgan fingerprint density at radius 3 is 2.58 bits per heavy atom. The molecule has 0 unspecified atom stereocenters. The van der Waals surface area contributed by atoms with Gasteiger partial charge in [-0.1, -0.05) is 31.2 Å². The third kappa shape index (κ3) is 2.71. The first-order valence-electron chi connectivity index (χ1n) is 7.21. The van der Waals surface area contributed by atoms with Crippen LogP contribution < -0.4 is 5.32 Å². The summed E-state index contributed by atoms with van der Waals surface area (Å²) in [6.07, 6.45) is 5.42. The predicted molar refractivity (Wildman–Crippen MR) is 78.2 cm³/mol. The lowest BCUT2D eigenvalue weighted by Gasteiger charge is -2.20. The van der Waals surface area contributed by atoms with E-state index in [0.717, 1.165) is 31.0 Å². The van der Waals surface area contributed by atoms with Gasteiger partial charge in [-0.15, -0.1) is 0 Å². The topological polar surface area (TPSA) is 40.7 Å². The number of benzene rings is 1. The second-order valence-electron chi connectivity index (χ2n) is 5.26. The fourth-order valence-corrected chi connectivity index (χ4v) is 2.71. The van der Waals surface area contributed by atoms with Gasteiger partial charge in [0.2, 0.25) is 0 Å². The van der Waals surface area contributed by atoms with Crippen molar-refractivity contribution >= 4 is 0 Å². The molecule has 1 fully saturated rings. The summed E-state index contributed by atoms with van der Waals surface area (Å²) in [5.41, 5.74) is 3.74. The lowest BCUT2D eigenvalue weighted by Crippen LogP contribution is -2.27. The third-order valence-electron chi connectivity index (χ3n) is 3.99. The number of H-pyrrole nitrogens is 1. The van der Waals surface area contributed by atoms with Crippen LogP contribution in [0.5, 0.6) is 0 Å². The Hall–Kier alpha value is -1.61. The summed E-state index contributed by atoms with van der Waals surface area (Å²) in [7, 11) is 0. The van der Waals surface area contributed by atoms with Crippen LogP contribution in [-0.4, -0.2) is 23.1 Å². The van der Waals surface area contributed by atoms with Crippen molar-refractivity contribution in [3.05, 3.63) is 41.9 Å². The van der Waals surface area contributed by atoms with Crippen molar-refractivity contribution in [2.75, 3.05) is 13.1 Å². The average molecular weight is 255 g/mol. The van der Waals surface area contributed by atoms with E-state index in [4.69, 9.17) is 0 Å². The lowest BCUT2D eigenvalue weighted by atomic mass is 9.98. The van der Waals surface area contributed by atoms with Crippen LogP contribution >= 0.6 is 0 Å². The molecular formula is C16H21N3. The molecule has 2 N–H and O–H groups in total. The van der Waals surface area contributed by atoms with Crippen molar-refractivity contribution in [1.29, 1.82) is 0 Å². The molecule has 2 heterocycles. The fraction of sp³-hybridized carbons (Fsp3) is 0.438. The maximum Gasteiger partial charge on any atom is 0.109 e. The number of nitrogens with one attached hydrogen (secondary N) is 2. The average Bonchev–Trinajstić information content (AvgIpc) is 2.98. The summed E-state index contributed by atoms with van der Waals surface area (Å²) in [6.45, 7) is 4.39. The Kier molecular flexibility index (Phi) is 3.65. The van der Waals surface area contributed by atoms with Gasteiger partial charge in [-0.05, 0) is 43.5 Å². The maximum absolute atomic E-state index is 4.58. The van der Waals surface area contributed by atoms with E-state index < -0.39 is 0 Å². The normalized spacial score (nSPS) is 16.7. The number of hydrogen-bond donors (Lipinski definition) is 2. The van der Waals surface area contributed by atoms with Gasteiger partial charge in [0, 0.05) is 5.92 Å². The molecule has 1 aromatic carbocycles. The van der Waals surface area contributed by atoms with Gasteiger partial charge in [0.15, 0.2) is 0 Å². The molecule has 3 heteroatoms. The van der Waals surface area contributed by atoms with Crippen LogP contribution in [0.3, 0.4) is 0 Å². The van der Waals surface area contributed by atoms with Crippen LogP contribution in [0.15, 0.2) is 30.5 Å². The SMILES string of the molecule is CCc1ccc(-c2cnc(C3CCNCC3)[nH]2)cc1. The number of rotatable bonds is 3. The maximum atomic E-state index is 4.58. The number of imidazole rings is 1. The zero-order valence-electron chi connectivity index (χ0n) is 11.4. The van der Waals surface area contributed by atoms with Crippen molar-refractivity contribution in [3.63, 3.8) is 0 Å². The summed E-state index contributed by atoms with van der Waals surface area (Å²) in [5.74, 6) is 1.74. The standard InChI is InChI=1S/C16H21N3/c1-2-12-3-5-13(6-4-12)15-11-18-16(19-15)14-7-9-17-10-8-14/h3-6,11,14,17H,2,7-10H2,1H3,(H,18,19). The molecule has 0 aliphatic carbocycles. The van der Waals surface area contributed by atoms with Crippen molar-refractivity contribution in [1.82, 2.24) is 15.3 Å². The molecule has 100 valence electrons. The van der Waals surface area contributed by atoms with Crippen LogP contribution in [0.1, 0.15) is 37.1 Å². The number of hydrogen-bond acceptors (Lipinski definition) is 2. The largest absolute Gasteiger partial charge is 0.342 e. The Labute approximate surface area is 114 Å². The Balaban J connectivity index is 1.79. The second kappa shape index (κ2) is 5.57. The van der Waals surface area contributed by atoms with Gasteiger partial charge >= 0.3 is 0 Å². The van der Waals surface area contributed by atoms with Crippen LogP contribution in [0.4, 0.5) is 0 Å². The van der Waals surface area contributed by atoms with Crippen LogP contribution in [0.2, 0.25) is 0 Å². The fourth-order valence-electron chi connectivity index (χ4n) is 2.71. The molecule has 0 amide bonds. The summed E-state index contributed by atoms with van der Waals surface area (Å²) >= 11 is 0. The monoisotopic (exact) mass is 255 g/mol. The smallest absolute Gasteiger partial charge is 0.109 e. The number of aromatic amines is 1. The first-order valence-corrected chi connectivity index (χ1v) is 7.21. The summed E-state index contributed by atoms with van der Waals surface area (Å²) < 4.78 is 0. The van der Waals surface area contributed by atoms with Gasteiger partial charge in [-0.25, -0.2) is 4.98 Å². The molecule has 0 atom stereocenters. The molecule has 0 spiro atoms. The van der Waals surface area contributed by atoms with E-state index >= 15 is 0 Å². The van der Waals surface area contributed by atoms with Crippen LogP contribution in [-0.2, 0) is 6.42 Å². The number of nitrogens with zero attached hydrogens (tertiary/aromatic N) is 1. The molecule has 1 aliphatic heterocycles. The van der Waals surface area contributed by atoms with Gasteiger partial charge in [0.25, 0.3) is 0 Å². The highest BCUT2D eigenvalue weighted by Gasteiger charge is 2.18. The van der Waals surface area contributed by atoms with E-state index in [1.807, 2.05) is 6.20 Å². The highest BCUT2D eigenvalue weighted by molar-refractivity contribution is 5.58. The molecule has 0 saturated carbocycles. The quantitative estimate of drug-likeness (QED) is 0.884. The molecule has 1 aromatic heterocycles. The minimum absolute atomic E-state index is 0.588. The van der Waals surface area contributed by atoms with E-state index in [-0.39, 0.29) is 0 Å². The molecule has 1 saturated heterocycles. The zero-order valence-corrected chi connectivity index (χ0v) is 11.4. The predicted octanol–water partition coefficient (Wildman–Crippen LogP) is 3.11. The summed E-state index contributed by atoms with van der Waals surface area (Å²) in [4.78, 5) is 8.07. The highest BCUT2D eigenvalue weighted by Crippen LogP contribution is 2.25. The van der Waals surface area contributed by atoms with E-state index in [0.29, 0.717) is 5.92 Å². The van der Waals surface area contributed by atoms with Gasteiger partial charge in [0.05, 0.1) is 11.9 Å². The van der Waals surface area contributed by atoms with Gasteiger partial charge in [0.1, 0.15) is 5.82 Å². The highest BCUT2D eigenvalue weighted by atomic mass is 14.9. The van der Waals surface area contributed by atoms with E-state index in [9.17, 15) is 0 Å². The Bertz CT molecular complexity index is 521. The zero-order chi connectivity index (χ0) is 13.1. The van der Waals surface area contributed by atoms with Gasteiger partial charge < -0.3 is 10.3 Å². The second-order valence-corrected chi connectivity index (χ2v) is 5.26. The minimum atomic E-state index is 0.588. The molecule has 3 nitrogen and oxygen atoms in total. The van der Waals surface area contributed by atoms with Crippen molar-refractivity contribution < 1.29 is 0 Å². The molecule has 19 heavy (non-hydrogen) atoms. The van der Waals surface area contributed by atoms with Gasteiger partial charge in [-0.2, -0.15) is 0 Å². The summed E-state index contributed by atoms with van der Waals surface area (Å²) in [5, 5.41) is 3.39. The van der Waals surface area contributed by atoms with Gasteiger partial charge in [-0.3, -0.25) is 0 Å². The third-order valence-corrected chi connectivity index (χ3v) is 3.99.